The van der Waals surface area contributed by atoms with Crippen molar-refractivity contribution in [3.8, 4) is 0 Å². The number of nitrogens with one attached hydrogen (secondary N) is 2. The summed E-state index contributed by atoms with van der Waals surface area (Å²) in [5.74, 6) is 1.55. The van der Waals surface area contributed by atoms with E-state index in [0.29, 0.717) is 19.1 Å². The van der Waals surface area contributed by atoms with Gasteiger partial charge in [0, 0.05) is 31.7 Å². The van der Waals surface area contributed by atoms with E-state index < -0.39 is 0 Å². The van der Waals surface area contributed by atoms with Crippen LogP contribution < -0.4 is 10.6 Å². The fourth-order valence-electron chi connectivity index (χ4n) is 3.35. The lowest BCUT2D eigenvalue weighted by molar-refractivity contribution is 0.131. The van der Waals surface area contributed by atoms with E-state index in [4.69, 9.17) is 9.73 Å². The van der Waals surface area contributed by atoms with Gasteiger partial charge in [0.05, 0.1) is 13.2 Å². The molecule has 0 amide bonds. The molecule has 0 aliphatic carbocycles. The Labute approximate surface area is 178 Å². The van der Waals surface area contributed by atoms with Crippen LogP contribution in [-0.4, -0.2) is 50.5 Å². The van der Waals surface area contributed by atoms with Crippen LogP contribution in [0.3, 0.4) is 0 Å². The van der Waals surface area contributed by atoms with Gasteiger partial charge in [-0.2, -0.15) is 0 Å². The zero-order valence-corrected chi connectivity index (χ0v) is 19.5. The summed E-state index contributed by atoms with van der Waals surface area (Å²) in [6.45, 7) is 10.9. The molecule has 1 aliphatic rings. The number of aliphatic hydroxyl groups excluding tert-OH is 1. The number of hydrogen-bond acceptors (Lipinski definition) is 3. The molecule has 2 atom stereocenters. The molecule has 0 aromatic heterocycles. The number of halogens is 1. The molecule has 1 heterocycles. The van der Waals surface area contributed by atoms with Crippen molar-refractivity contribution in [2.24, 2.45) is 16.3 Å². The Morgan fingerprint density at radius 3 is 2.58 bits per heavy atom. The van der Waals surface area contributed by atoms with Crippen molar-refractivity contribution in [2.45, 2.75) is 72.1 Å². The van der Waals surface area contributed by atoms with E-state index in [2.05, 4.69) is 31.4 Å². The SMILES string of the molecule is CCCCCCCC(C)CNC(=NCC1(CCO)CCOC1)NCC.I. The van der Waals surface area contributed by atoms with Gasteiger partial charge >= 0.3 is 0 Å². The fraction of sp³-hybridized carbons (Fsp3) is 0.950. The molecule has 2 unspecified atom stereocenters. The van der Waals surface area contributed by atoms with Gasteiger partial charge < -0.3 is 20.5 Å². The molecule has 5 nitrogen and oxygen atoms in total. The molecule has 1 fully saturated rings. The van der Waals surface area contributed by atoms with Crippen LogP contribution in [0.1, 0.15) is 72.1 Å². The van der Waals surface area contributed by atoms with Crippen LogP contribution in [0.25, 0.3) is 0 Å². The summed E-state index contributed by atoms with van der Waals surface area (Å²) in [6, 6.07) is 0. The van der Waals surface area contributed by atoms with Gasteiger partial charge in [0.15, 0.2) is 5.96 Å². The molecular formula is C20H42IN3O2. The molecule has 26 heavy (non-hydrogen) atoms. The Morgan fingerprint density at radius 1 is 1.19 bits per heavy atom. The van der Waals surface area contributed by atoms with Crippen LogP contribution in [0.5, 0.6) is 0 Å². The van der Waals surface area contributed by atoms with E-state index in [9.17, 15) is 5.11 Å². The lowest BCUT2D eigenvalue weighted by Crippen LogP contribution is -2.40. The fourth-order valence-corrected chi connectivity index (χ4v) is 3.35. The van der Waals surface area contributed by atoms with Crippen molar-refractivity contribution >= 4 is 29.9 Å². The minimum atomic E-state index is 0. The van der Waals surface area contributed by atoms with Gasteiger partial charge in [-0.25, -0.2) is 0 Å². The normalized spacial score (nSPS) is 21.3. The van der Waals surface area contributed by atoms with Crippen molar-refractivity contribution in [1.29, 1.82) is 0 Å². The van der Waals surface area contributed by atoms with Crippen molar-refractivity contribution in [1.82, 2.24) is 10.6 Å². The van der Waals surface area contributed by atoms with Gasteiger partial charge in [-0.3, -0.25) is 4.99 Å². The molecule has 6 heteroatoms. The standard InChI is InChI=1S/C20H41N3O2.HI/c1-4-6-7-8-9-10-18(3)15-22-19(21-5-2)23-16-20(11-13-24)12-14-25-17-20;/h18,24H,4-17H2,1-3H3,(H2,21,22,23);1H. The minimum absolute atomic E-state index is 0. The van der Waals surface area contributed by atoms with Crippen LogP contribution in [-0.2, 0) is 4.74 Å². The summed E-state index contributed by atoms with van der Waals surface area (Å²) in [6.07, 6.45) is 9.76. The third kappa shape index (κ3) is 10.9. The van der Waals surface area contributed by atoms with Gasteiger partial charge in [0.1, 0.15) is 0 Å². The van der Waals surface area contributed by atoms with E-state index in [1.165, 1.54) is 38.5 Å². The summed E-state index contributed by atoms with van der Waals surface area (Å²) in [7, 11) is 0. The molecule has 1 saturated heterocycles. The number of aliphatic hydroxyl groups is 1. The van der Waals surface area contributed by atoms with Crippen LogP contribution in [0, 0.1) is 11.3 Å². The van der Waals surface area contributed by atoms with E-state index in [-0.39, 0.29) is 36.0 Å². The maximum absolute atomic E-state index is 9.34. The molecule has 3 N–H and O–H groups in total. The monoisotopic (exact) mass is 483 g/mol. The molecule has 0 aromatic rings. The maximum atomic E-state index is 9.34. The molecular weight excluding hydrogens is 441 g/mol. The first-order chi connectivity index (χ1) is 12.2. The first-order valence-corrected chi connectivity index (χ1v) is 10.4. The van der Waals surface area contributed by atoms with E-state index >= 15 is 0 Å². The topological polar surface area (TPSA) is 65.9 Å². The van der Waals surface area contributed by atoms with Crippen molar-refractivity contribution in [3.05, 3.63) is 0 Å². The summed E-state index contributed by atoms with van der Waals surface area (Å²) >= 11 is 0. The Balaban J connectivity index is 0.00000625. The summed E-state index contributed by atoms with van der Waals surface area (Å²) < 4.78 is 5.55. The molecule has 1 rings (SSSR count). The second-order valence-corrected chi connectivity index (χ2v) is 7.66. The maximum Gasteiger partial charge on any atom is 0.191 e. The first-order valence-electron chi connectivity index (χ1n) is 10.4. The van der Waals surface area contributed by atoms with Crippen LogP contribution in [0.15, 0.2) is 4.99 Å². The minimum Gasteiger partial charge on any atom is -0.396 e. The Morgan fingerprint density at radius 2 is 1.96 bits per heavy atom. The third-order valence-electron chi connectivity index (χ3n) is 5.16. The average molecular weight is 483 g/mol. The van der Waals surface area contributed by atoms with Gasteiger partial charge in [0.25, 0.3) is 0 Å². The molecule has 1 aliphatic heterocycles. The number of unbranched alkanes of at least 4 members (excludes halogenated alkanes) is 4. The van der Waals surface area contributed by atoms with Gasteiger partial charge in [-0.1, -0.05) is 46.0 Å². The number of aliphatic imine (C=N–C) groups is 1. The van der Waals surface area contributed by atoms with Crippen molar-refractivity contribution in [3.63, 3.8) is 0 Å². The van der Waals surface area contributed by atoms with Crippen molar-refractivity contribution < 1.29 is 9.84 Å². The van der Waals surface area contributed by atoms with Crippen molar-refractivity contribution in [2.75, 3.05) is 39.5 Å². The highest BCUT2D eigenvalue weighted by Crippen LogP contribution is 2.32. The summed E-state index contributed by atoms with van der Waals surface area (Å²) in [5.41, 5.74) is 0.0159. The van der Waals surface area contributed by atoms with E-state index in [1.54, 1.807) is 0 Å². The predicted molar refractivity (Wildman–Crippen MR) is 122 cm³/mol. The lowest BCUT2D eigenvalue weighted by atomic mass is 9.84. The molecule has 0 bridgehead atoms. The average Bonchev–Trinajstić information content (AvgIpc) is 3.06. The third-order valence-corrected chi connectivity index (χ3v) is 5.16. The van der Waals surface area contributed by atoms with Crippen LogP contribution >= 0.6 is 24.0 Å². The van der Waals surface area contributed by atoms with Crippen LogP contribution in [0.4, 0.5) is 0 Å². The number of rotatable bonds is 13. The van der Waals surface area contributed by atoms with Gasteiger partial charge in [-0.15, -0.1) is 24.0 Å². The Bertz CT molecular complexity index is 361. The number of hydrogen-bond donors (Lipinski definition) is 3. The highest BCUT2D eigenvalue weighted by molar-refractivity contribution is 14.0. The first kappa shape index (κ1) is 25.9. The van der Waals surface area contributed by atoms with E-state index in [1.807, 2.05) is 0 Å². The second kappa shape index (κ2) is 15.9. The molecule has 0 spiro atoms. The number of guanidine groups is 1. The molecule has 0 radical (unpaired) electrons. The largest absolute Gasteiger partial charge is 0.396 e. The highest BCUT2D eigenvalue weighted by Gasteiger charge is 2.34. The van der Waals surface area contributed by atoms with E-state index in [0.717, 1.165) is 38.5 Å². The molecule has 0 aromatic carbocycles. The highest BCUT2D eigenvalue weighted by atomic mass is 127. The quantitative estimate of drug-likeness (QED) is 0.161. The number of ether oxygens (including phenoxy) is 1. The van der Waals surface area contributed by atoms with Gasteiger partial charge in [-0.05, 0) is 32.1 Å². The molecule has 156 valence electrons. The molecule has 0 saturated carbocycles. The Hall–Kier alpha value is -0.0800. The van der Waals surface area contributed by atoms with Crippen LogP contribution in [0.2, 0.25) is 0 Å². The summed E-state index contributed by atoms with van der Waals surface area (Å²) in [4.78, 5) is 4.78. The smallest absolute Gasteiger partial charge is 0.191 e. The zero-order valence-electron chi connectivity index (χ0n) is 17.2. The predicted octanol–water partition coefficient (Wildman–Crippen LogP) is 3.95. The second-order valence-electron chi connectivity index (χ2n) is 7.66. The summed E-state index contributed by atoms with van der Waals surface area (Å²) in [5, 5.41) is 16.2. The zero-order chi connectivity index (χ0) is 18.4. The Kier molecular flexibility index (Phi) is 15.9. The van der Waals surface area contributed by atoms with Gasteiger partial charge in [0.2, 0.25) is 0 Å². The lowest BCUT2D eigenvalue weighted by Gasteiger charge is -2.25. The number of nitrogens with zero attached hydrogens (tertiary/aromatic N) is 1.